The van der Waals surface area contributed by atoms with Gasteiger partial charge in [0, 0.05) is 32.1 Å². The number of hydrogen-bond acceptors (Lipinski definition) is 9. The van der Waals surface area contributed by atoms with Crippen molar-refractivity contribution in [2.75, 3.05) is 31.2 Å². The van der Waals surface area contributed by atoms with Crippen LogP contribution in [0, 0.1) is 0 Å². The van der Waals surface area contributed by atoms with Crippen LogP contribution in [0.25, 0.3) is 22.2 Å². The molecule has 3 aromatic rings. The lowest BCUT2D eigenvalue weighted by molar-refractivity contribution is -0.169. The lowest BCUT2D eigenvalue weighted by Gasteiger charge is -2.38. The van der Waals surface area contributed by atoms with Gasteiger partial charge in [0.1, 0.15) is 17.7 Å². The maximum atomic E-state index is 5.80. The first-order chi connectivity index (χ1) is 12.8. The number of thiophene rings is 1. The lowest BCUT2D eigenvalue weighted by atomic mass is 10.0. The van der Waals surface area contributed by atoms with Crippen molar-refractivity contribution in [3.8, 4) is 22.2 Å². The van der Waals surface area contributed by atoms with E-state index < -0.39 is 5.79 Å². The summed E-state index contributed by atoms with van der Waals surface area (Å²) in [5.41, 5.74) is 0.743. The van der Waals surface area contributed by atoms with Gasteiger partial charge in [-0.2, -0.15) is 4.98 Å². The van der Waals surface area contributed by atoms with Crippen LogP contribution in [-0.4, -0.2) is 52.2 Å². The third-order valence-corrected chi connectivity index (χ3v) is 5.59. The summed E-state index contributed by atoms with van der Waals surface area (Å²) in [4.78, 5) is 16.3. The van der Waals surface area contributed by atoms with Crippen molar-refractivity contribution in [3.05, 3.63) is 30.0 Å². The molecule has 0 bridgehead atoms. The normalized spacial score (nSPS) is 19.3. The molecule has 0 atom stereocenters. The van der Waals surface area contributed by atoms with E-state index in [2.05, 4.69) is 25.0 Å². The second-order valence-electron chi connectivity index (χ2n) is 6.26. The zero-order valence-corrected chi connectivity index (χ0v) is 14.8. The summed E-state index contributed by atoms with van der Waals surface area (Å²) in [6.07, 6.45) is 4.88. The topological polar surface area (TPSA) is 86.4 Å². The van der Waals surface area contributed by atoms with E-state index in [1.807, 2.05) is 17.5 Å². The van der Waals surface area contributed by atoms with Crippen molar-refractivity contribution in [2.24, 2.45) is 0 Å². The van der Waals surface area contributed by atoms with Crippen molar-refractivity contribution in [1.29, 1.82) is 0 Å². The summed E-state index contributed by atoms with van der Waals surface area (Å²) in [5.74, 6) is 1.39. The molecule has 0 amide bonds. The average Bonchev–Trinajstić information content (AvgIpc) is 3.44. The minimum Gasteiger partial charge on any atom is -0.355 e. The molecule has 8 nitrogen and oxygen atoms in total. The molecule has 0 radical (unpaired) electrons. The monoisotopic (exact) mass is 371 g/mol. The van der Waals surface area contributed by atoms with Crippen LogP contribution in [0.5, 0.6) is 0 Å². The van der Waals surface area contributed by atoms with Crippen LogP contribution in [0.4, 0.5) is 5.82 Å². The molecule has 2 aliphatic rings. The molecule has 0 unspecified atom stereocenters. The Morgan fingerprint density at radius 1 is 1.15 bits per heavy atom. The van der Waals surface area contributed by atoms with Crippen LogP contribution in [0.15, 0.2) is 34.6 Å². The summed E-state index contributed by atoms with van der Waals surface area (Å²) >= 11 is 1.57. The number of piperidine rings is 1. The SMILES string of the molecule is c1csc(-c2noc(-c3cncnc3N3CCC4(CC3)OCCO4)n2)c1. The fraction of sp³-hybridized carbons (Fsp3) is 0.412. The zero-order valence-electron chi connectivity index (χ0n) is 14.0. The molecule has 5 rings (SSSR count). The molecule has 134 valence electrons. The minimum absolute atomic E-state index is 0.416. The van der Waals surface area contributed by atoms with Crippen molar-refractivity contribution < 1.29 is 14.0 Å². The Bertz CT molecular complexity index is 881. The highest BCUT2D eigenvalue weighted by molar-refractivity contribution is 7.13. The average molecular weight is 371 g/mol. The van der Waals surface area contributed by atoms with Gasteiger partial charge in [-0.05, 0) is 11.4 Å². The van der Waals surface area contributed by atoms with Gasteiger partial charge in [0.05, 0.1) is 18.1 Å². The summed E-state index contributed by atoms with van der Waals surface area (Å²) < 4.78 is 17.1. The Hall–Kier alpha value is -2.36. The van der Waals surface area contributed by atoms with Gasteiger partial charge in [0.2, 0.25) is 5.82 Å². The van der Waals surface area contributed by atoms with Crippen LogP contribution < -0.4 is 4.90 Å². The van der Waals surface area contributed by atoms with Crippen LogP contribution in [0.3, 0.4) is 0 Å². The smallest absolute Gasteiger partial charge is 0.263 e. The van der Waals surface area contributed by atoms with Crippen molar-refractivity contribution >= 4 is 17.2 Å². The highest BCUT2D eigenvalue weighted by atomic mass is 32.1. The maximum Gasteiger partial charge on any atom is 0.263 e. The lowest BCUT2D eigenvalue weighted by Crippen LogP contribution is -2.45. The Morgan fingerprint density at radius 3 is 2.77 bits per heavy atom. The molecule has 3 aromatic heterocycles. The molecule has 1 spiro atoms. The van der Waals surface area contributed by atoms with Crippen molar-refractivity contribution in [1.82, 2.24) is 20.1 Å². The highest BCUT2D eigenvalue weighted by Crippen LogP contribution is 2.36. The minimum atomic E-state index is -0.416. The summed E-state index contributed by atoms with van der Waals surface area (Å²) in [7, 11) is 0. The van der Waals surface area contributed by atoms with Gasteiger partial charge in [-0.3, -0.25) is 0 Å². The number of hydrogen-bond donors (Lipinski definition) is 0. The third kappa shape index (κ3) is 2.77. The molecule has 2 saturated heterocycles. The Morgan fingerprint density at radius 2 is 2.00 bits per heavy atom. The third-order valence-electron chi connectivity index (χ3n) is 4.73. The maximum absolute atomic E-state index is 5.80. The fourth-order valence-corrected chi connectivity index (χ4v) is 4.06. The molecular formula is C17H17N5O3S. The van der Waals surface area contributed by atoms with E-state index in [9.17, 15) is 0 Å². The first-order valence-electron chi connectivity index (χ1n) is 8.54. The van der Waals surface area contributed by atoms with Gasteiger partial charge >= 0.3 is 0 Å². The standard InChI is InChI=1S/C17H17N5O3S/c1-2-13(26-9-1)14-20-16(25-21-14)12-10-18-11-19-15(12)22-5-3-17(4-6-22)23-7-8-24-17/h1-2,9-11H,3-8H2. The first-order valence-corrected chi connectivity index (χ1v) is 9.42. The number of ether oxygens (including phenoxy) is 2. The van der Waals surface area contributed by atoms with Gasteiger partial charge < -0.3 is 18.9 Å². The van der Waals surface area contributed by atoms with Crippen LogP contribution >= 0.6 is 11.3 Å². The molecule has 5 heterocycles. The van der Waals surface area contributed by atoms with E-state index in [-0.39, 0.29) is 0 Å². The Balaban J connectivity index is 1.41. The second kappa shape index (κ2) is 6.42. The van der Waals surface area contributed by atoms with Gasteiger partial charge in [0.25, 0.3) is 5.89 Å². The van der Waals surface area contributed by atoms with E-state index >= 15 is 0 Å². The van der Waals surface area contributed by atoms with Crippen molar-refractivity contribution in [2.45, 2.75) is 18.6 Å². The summed E-state index contributed by atoms with van der Waals surface area (Å²) in [6, 6.07) is 3.93. The molecular weight excluding hydrogens is 354 g/mol. The molecule has 9 heteroatoms. The Labute approximate surface area is 153 Å². The van der Waals surface area contributed by atoms with Gasteiger partial charge in [-0.15, -0.1) is 11.3 Å². The van der Waals surface area contributed by atoms with Crippen LogP contribution in [0.1, 0.15) is 12.8 Å². The Kier molecular flexibility index (Phi) is 3.92. The predicted molar refractivity (Wildman–Crippen MR) is 94.7 cm³/mol. The molecule has 0 aromatic carbocycles. The van der Waals surface area contributed by atoms with Crippen LogP contribution in [-0.2, 0) is 9.47 Å². The summed E-state index contributed by atoms with van der Waals surface area (Å²) in [5, 5.41) is 6.07. The van der Waals surface area contributed by atoms with E-state index in [0.29, 0.717) is 24.9 Å². The van der Waals surface area contributed by atoms with E-state index in [1.165, 1.54) is 0 Å². The molecule has 0 saturated carbocycles. The second-order valence-corrected chi connectivity index (χ2v) is 7.20. The number of aromatic nitrogens is 4. The van der Waals surface area contributed by atoms with E-state index in [4.69, 9.17) is 14.0 Å². The van der Waals surface area contributed by atoms with Crippen molar-refractivity contribution in [3.63, 3.8) is 0 Å². The van der Waals surface area contributed by atoms with Gasteiger partial charge in [-0.25, -0.2) is 9.97 Å². The number of nitrogens with zero attached hydrogens (tertiary/aromatic N) is 5. The zero-order chi connectivity index (χ0) is 17.4. The highest BCUT2D eigenvalue weighted by Gasteiger charge is 2.40. The number of anilines is 1. The van der Waals surface area contributed by atoms with Gasteiger partial charge in [-0.1, -0.05) is 11.2 Å². The molecule has 2 fully saturated rings. The molecule has 2 aliphatic heterocycles. The molecule has 0 N–H and O–H groups in total. The predicted octanol–water partition coefficient (Wildman–Crippen LogP) is 2.60. The molecule has 0 aliphatic carbocycles. The number of rotatable bonds is 3. The largest absolute Gasteiger partial charge is 0.355 e. The fourth-order valence-electron chi connectivity index (χ4n) is 3.41. The van der Waals surface area contributed by atoms with Gasteiger partial charge in [0.15, 0.2) is 5.79 Å². The van der Waals surface area contributed by atoms with E-state index in [0.717, 1.165) is 42.2 Å². The summed E-state index contributed by atoms with van der Waals surface area (Å²) in [6.45, 7) is 2.92. The van der Waals surface area contributed by atoms with E-state index in [1.54, 1.807) is 23.9 Å². The first kappa shape index (κ1) is 15.9. The quantitative estimate of drug-likeness (QED) is 0.694. The molecule has 26 heavy (non-hydrogen) atoms. The van der Waals surface area contributed by atoms with Crippen LogP contribution in [0.2, 0.25) is 0 Å².